The zero-order chi connectivity index (χ0) is 8.69. The first kappa shape index (κ1) is 10.8. The van der Waals surface area contributed by atoms with Crippen LogP contribution in [0.2, 0.25) is 0 Å². The number of hydrogen-bond acceptors (Lipinski definition) is 2. The van der Waals surface area contributed by atoms with Gasteiger partial charge in [0.2, 0.25) is 0 Å². The van der Waals surface area contributed by atoms with Gasteiger partial charge in [-0.25, -0.2) is 0 Å². The molecule has 0 aromatic rings. The van der Waals surface area contributed by atoms with Gasteiger partial charge in [0, 0.05) is 5.88 Å². The third kappa shape index (κ3) is 5.08. The van der Waals surface area contributed by atoms with Crippen LogP contribution in [0.15, 0.2) is 0 Å². The van der Waals surface area contributed by atoms with E-state index < -0.39 is 0 Å². The molecule has 0 aromatic carbocycles. The van der Waals surface area contributed by atoms with Gasteiger partial charge in [0.05, 0.1) is 12.5 Å². The normalized spacial score (nSPS) is 12.6. The topological polar surface area (TPSA) is 26.3 Å². The average Bonchev–Trinajstić information content (AvgIpc) is 2.03. The number of carbonyl (C=O) groups is 1. The van der Waals surface area contributed by atoms with Gasteiger partial charge >= 0.3 is 5.97 Å². The fourth-order valence-electron chi connectivity index (χ4n) is 0.536. The Labute approximate surface area is 72.9 Å². The van der Waals surface area contributed by atoms with Gasteiger partial charge in [0.15, 0.2) is 0 Å². The smallest absolute Gasteiger partial charge is 0.308 e. The van der Waals surface area contributed by atoms with E-state index in [1.54, 1.807) is 0 Å². The number of hydrogen-bond donors (Lipinski definition) is 0. The van der Waals surface area contributed by atoms with Gasteiger partial charge in [-0.1, -0.05) is 13.8 Å². The summed E-state index contributed by atoms with van der Waals surface area (Å²) in [5.41, 5.74) is 0. The summed E-state index contributed by atoms with van der Waals surface area (Å²) in [5, 5.41) is 0. The van der Waals surface area contributed by atoms with Gasteiger partial charge in [-0.3, -0.25) is 4.79 Å². The molecular formula is C8H15ClO2. The molecule has 0 aliphatic carbocycles. The van der Waals surface area contributed by atoms with Crippen molar-refractivity contribution in [3.8, 4) is 0 Å². The van der Waals surface area contributed by atoms with Crippen molar-refractivity contribution in [1.82, 2.24) is 0 Å². The second kappa shape index (κ2) is 6.47. The Bertz CT molecular complexity index is 115. The average molecular weight is 179 g/mol. The number of alkyl halides is 1. The summed E-state index contributed by atoms with van der Waals surface area (Å²) in [6.45, 7) is 4.28. The Morgan fingerprint density at radius 1 is 1.64 bits per heavy atom. The monoisotopic (exact) mass is 178 g/mol. The molecule has 1 unspecified atom stereocenters. The second-order valence-electron chi connectivity index (χ2n) is 2.52. The molecule has 66 valence electrons. The number of carbonyl (C=O) groups excluding carboxylic acids is 1. The minimum Gasteiger partial charge on any atom is -0.465 e. The number of rotatable bonds is 5. The first-order valence-corrected chi connectivity index (χ1v) is 4.48. The first-order chi connectivity index (χ1) is 5.22. The summed E-state index contributed by atoms with van der Waals surface area (Å²) >= 11 is 5.41. The van der Waals surface area contributed by atoms with E-state index in [1.807, 2.05) is 13.8 Å². The van der Waals surface area contributed by atoms with Gasteiger partial charge in [0.1, 0.15) is 0 Å². The maximum Gasteiger partial charge on any atom is 0.308 e. The van der Waals surface area contributed by atoms with Crippen molar-refractivity contribution in [2.45, 2.75) is 26.7 Å². The minimum absolute atomic E-state index is 0.0188. The maximum absolute atomic E-state index is 11.0. The molecule has 3 heteroatoms. The van der Waals surface area contributed by atoms with Gasteiger partial charge < -0.3 is 4.74 Å². The molecule has 0 N–H and O–H groups in total. The predicted octanol–water partition coefficient (Wildman–Crippen LogP) is 2.20. The summed E-state index contributed by atoms with van der Waals surface area (Å²) in [7, 11) is 0. The molecule has 0 aliphatic rings. The summed E-state index contributed by atoms with van der Waals surface area (Å²) in [4.78, 5) is 11.0. The fourth-order valence-corrected chi connectivity index (χ4v) is 0.645. The van der Waals surface area contributed by atoms with Crippen molar-refractivity contribution in [1.29, 1.82) is 0 Å². The van der Waals surface area contributed by atoms with E-state index in [9.17, 15) is 4.79 Å². The van der Waals surface area contributed by atoms with Crippen LogP contribution in [0.4, 0.5) is 0 Å². The van der Waals surface area contributed by atoms with Crippen LogP contribution in [0.3, 0.4) is 0 Å². The third-order valence-electron chi connectivity index (χ3n) is 1.54. The van der Waals surface area contributed by atoms with Crippen LogP contribution in [-0.2, 0) is 9.53 Å². The van der Waals surface area contributed by atoms with Crippen molar-refractivity contribution in [2.75, 3.05) is 12.5 Å². The van der Waals surface area contributed by atoms with Crippen LogP contribution < -0.4 is 0 Å². The van der Waals surface area contributed by atoms with E-state index in [1.165, 1.54) is 0 Å². The SMILES string of the molecule is CCC(C)C(=O)OCCCCl. The molecule has 0 aliphatic heterocycles. The Morgan fingerprint density at radius 3 is 2.73 bits per heavy atom. The number of halogens is 1. The third-order valence-corrected chi connectivity index (χ3v) is 1.80. The molecule has 0 bridgehead atoms. The van der Waals surface area contributed by atoms with Gasteiger partial charge in [0.25, 0.3) is 0 Å². The Kier molecular flexibility index (Phi) is 6.33. The van der Waals surface area contributed by atoms with Crippen LogP contribution in [-0.4, -0.2) is 18.5 Å². The molecule has 11 heavy (non-hydrogen) atoms. The Balaban J connectivity index is 3.36. The molecule has 0 amide bonds. The molecule has 0 radical (unpaired) electrons. The molecule has 0 heterocycles. The lowest BCUT2D eigenvalue weighted by atomic mass is 10.1. The second-order valence-corrected chi connectivity index (χ2v) is 2.90. The molecule has 0 saturated heterocycles. The van der Waals surface area contributed by atoms with E-state index in [4.69, 9.17) is 16.3 Å². The molecular weight excluding hydrogens is 164 g/mol. The van der Waals surface area contributed by atoms with E-state index in [2.05, 4.69) is 0 Å². The largest absolute Gasteiger partial charge is 0.465 e. The van der Waals surface area contributed by atoms with E-state index in [0.29, 0.717) is 12.5 Å². The van der Waals surface area contributed by atoms with Crippen LogP contribution in [0, 0.1) is 5.92 Å². The lowest BCUT2D eigenvalue weighted by Gasteiger charge is -2.07. The van der Waals surface area contributed by atoms with Gasteiger partial charge in [-0.15, -0.1) is 11.6 Å². The van der Waals surface area contributed by atoms with E-state index in [-0.39, 0.29) is 11.9 Å². The highest BCUT2D eigenvalue weighted by Gasteiger charge is 2.10. The quantitative estimate of drug-likeness (QED) is 0.367. The molecule has 0 saturated carbocycles. The zero-order valence-corrected chi connectivity index (χ0v) is 7.86. The van der Waals surface area contributed by atoms with Crippen molar-refractivity contribution in [3.63, 3.8) is 0 Å². The lowest BCUT2D eigenvalue weighted by Crippen LogP contribution is -2.14. The predicted molar refractivity (Wildman–Crippen MR) is 45.8 cm³/mol. The molecule has 2 nitrogen and oxygen atoms in total. The zero-order valence-electron chi connectivity index (χ0n) is 7.10. The maximum atomic E-state index is 11.0. The van der Waals surface area contributed by atoms with Crippen LogP contribution in [0.25, 0.3) is 0 Å². The summed E-state index contributed by atoms with van der Waals surface area (Å²) in [5.74, 6) is 0.455. The molecule has 0 fully saturated rings. The van der Waals surface area contributed by atoms with E-state index in [0.717, 1.165) is 12.8 Å². The molecule has 0 rings (SSSR count). The van der Waals surface area contributed by atoms with Crippen LogP contribution in [0.5, 0.6) is 0 Å². The summed E-state index contributed by atoms with van der Waals surface area (Å²) in [6.07, 6.45) is 1.57. The summed E-state index contributed by atoms with van der Waals surface area (Å²) in [6, 6.07) is 0. The standard InChI is InChI=1S/C8H15ClO2/c1-3-7(2)8(10)11-6-4-5-9/h7H,3-6H2,1-2H3. The summed E-state index contributed by atoms with van der Waals surface area (Å²) < 4.78 is 4.91. The lowest BCUT2D eigenvalue weighted by molar-refractivity contribution is -0.147. The number of ether oxygens (including phenoxy) is 1. The van der Waals surface area contributed by atoms with Gasteiger partial charge in [-0.05, 0) is 12.8 Å². The highest BCUT2D eigenvalue weighted by molar-refractivity contribution is 6.17. The Morgan fingerprint density at radius 2 is 2.27 bits per heavy atom. The highest BCUT2D eigenvalue weighted by Crippen LogP contribution is 2.03. The number of esters is 1. The first-order valence-electron chi connectivity index (χ1n) is 3.95. The van der Waals surface area contributed by atoms with E-state index >= 15 is 0 Å². The van der Waals surface area contributed by atoms with Gasteiger partial charge in [-0.2, -0.15) is 0 Å². The molecule has 0 aromatic heterocycles. The highest BCUT2D eigenvalue weighted by atomic mass is 35.5. The van der Waals surface area contributed by atoms with Crippen LogP contribution in [0.1, 0.15) is 26.7 Å². The van der Waals surface area contributed by atoms with Crippen molar-refractivity contribution >= 4 is 17.6 Å². The Hall–Kier alpha value is -0.240. The fraction of sp³-hybridized carbons (Fsp3) is 0.875. The van der Waals surface area contributed by atoms with Crippen molar-refractivity contribution in [3.05, 3.63) is 0 Å². The molecule has 0 spiro atoms. The van der Waals surface area contributed by atoms with Crippen molar-refractivity contribution in [2.24, 2.45) is 5.92 Å². The molecule has 1 atom stereocenters. The minimum atomic E-state index is -0.113. The van der Waals surface area contributed by atoms with Crippen molar-refractivity contribution < 1.29 is 9.53 Å². The van der Waals surface area contributed by atoms with Crippen LogP contribution >= 0.6 is 11.6 Å².